The Labute approximate surface area is 123 Å². The lowest BCUT2D eigenvalue weighted by molar-refractivity contribution is -0.0327. The Morgan fingerprint density at radius 3 is 2.76 bits per heavy atom. The van der Waals surface area contributed by atoms with E-state index in [1.165, 1.54) is 10.7 Å². The second-order valence-electron chi connectivity index (χ2n) is 4.09. The first-order valence-corrected chi connectivity index (χ1v) is 6.88. The molecule has 0 bridgehead atoms. The number of aliphatic hydroxyl groups excluding tert-OH is 1. The molecule has 0 aliphatic rings. The average Bonchev–Trinajstić information content (AvgIpc) is 2.84. The second kappa shape index (κ2) is 6.81. The van der Waals surface area contributed by atoms with Crippen LogP contribution in [0.3, 0.4) is 0 Å². The van der Waals surface area contributed by atoms with Crippen LogP contribution in [0.4, 0.5) is 18.9 Å². The van der Waals surface area contributed by atoms with Crippen molar-refractivity contribution in [2.45, 2.75) is 23.5 Å². The number of nitrogens with zero attached hydrogens (tertiary/aromatic N) is 3. The first-order valence-electron chi connectivity index (χ1n) is 6.06. The molecule has 0 unspecified atom stereocenters. The van der Waals surface area contributed by atoms with Gasteiger partial charge in [0.15, 0.2) is 0 Å². The minimum absolute atomic E-state index is 0.0543. The number of aromatic nitrogens is 3. The topological polar surface area (TPSA) is 63.0 Å². The highest BCUT2D eigenvalue weighted by atomic mass is 32.2. The molecule has 1 aromatic carbocycles. The molecule has 1 aromatic heterocycles. The molecule has 1 heterocycles. The minimum Gasteiger partial charge on any atom is -0.394 e. The van der Waals surface area contributed by atoms with Crippen LogP contribution in [0.2, 0.25) is 0 Å². The number of halogens is 3. The maximum atomic E-state index is 12.5. The van der Waals surface area contributed by atoms with E-state index in [4.69, 9.17) is 5.11 Å². The fraction of sp³-hybridized carbons (Fsp3) is 0.333. The molecule has 0 saturated carbocycles. The molecule has 0 amide bonds. The summed E-state index contributed by atoms with van der Waals surface area (Å²) < 4.78 is 38.8. The summed E-state index contributed by atoms with van der Waals surface area (Å²) in [7, 11) is 0. The molecule has 0 saturated heterocycles. The van der Waals surface area contributed by atoms with Gasteiger partial charge in [0.25, 0.3) is 0 Å². The van der Waals surface area contributed by atoms with E-state index in [0.29, 0.717) is 17.9 Å². The standard InChI is InChI=1S/C12H13F3N4OS/c13-12(14,15)21-11-4-2-1-3-10(11)16-7-9-8-19(5-6-20)18-17-9/h1-4,8,16,20H,5-7H2. The van der Waals surface area contributed by atoms with E-state index >= 15 is 0 Å². The maximum absolute atomic E-state index is 12.5. The van der Waals surface area contributed by atoms with Gasteiger partial charge in [0.2, 0.25) is 0 Å². The van der Waals surface area contributed by atoms with Crippen LogP contribution in [0, 0.1) is 0 Å². The first-order chi connectivity index (χ1) is 9.98. The number of hydrogen-bond donors (Lipinski definition) is 2. The molecular formula is C12H13F3N4OS. The van der Waals surface area contributed by atoms with Crippen LogP contribution in [0.25, 0.3) is 0 Å². The molecule has 5 nitrogen and oxygen atoms in total. The lowest BCUT2D eigenvalue weighted by Crippen LogP contribution is -2.04. The smallest absolute Gasteiger partial charge is 0.394 e. The number of anilines is 1. The Hall–Kier alpha value is -1.74. The van der Waals surface area contributed by atoms with Crippen molar-refractivity contribution in [3.05, 3.63) is 36.2 Å². The van der Waals surface area contributed by atoms with E-state index in [0.717, 1.165) is 0 Å². The number of nitrogens with one attached hydrogen (secondary N) is 1. The molecule has 114 valence electrons. The maximum Gasteiger partial charge on any atom is 0.446 e. The van der Waals surface area contributed by atoms with E-state index in [1.54, 1.807) is 24.4 Å². The van der Waals surface area contributed by atoms with Gasteiger partial charge in [-0.3, -0.25) is 0 Å². The summed E-state index contributed by atoms with van der Waals surface area (Å²) in [4.78, 5) is 0.104. The lowest BCUT2D eigenvalue weighted by Gasteiger charge is -2.11. The zero-order valence-corrected chi connectivity index (χ0v) is 11.7. The van der Waals surface area contributed by atoms with Crippen LogP contribution >= 0.6 is 11.8 Å². The van der Waals surface area contributed by atoms with Crippen LogP contribution < -0.4 is 5.32 Å². The molecule has 0 atom stereocenters. The quantitative estimate of drug-likeness (QED) is 0.801. The SMILES string of the molecule is OCCn1cc(CNc2ccccc2SC(F)(F)F)nn1. The number of thioether (sulfide) groups is 1. The van der Waals surface area contributed by atoms with E-state index < -0.39 is 5.51 Å². The first kappa shape index (κ1) is 15.6. The third-order valence-corrected chi connectivity index (χ3v) is 3.30. The van der Waals surface area contributed by atoms with Gasteiger partial charge in [0.05, 0.1) is 25.9 Å². The predicted octanol–water partition coefficient (Wildman–Crippen LogP) is 2.49. The van der Waals surface area contributed by atoms with E-state index in [9.17, 15) is 13.2 Å². The fourth-order valence-electron chi connectivity index (χ4n) is 1.64. The van der Waals surface area contributed by atoms with Crippen molar-refractivity contribution in [2.75, 3.05) is 11.9 Å². The summed E-state index contributed by atoms with van der Waals surface area (Å²) in [6, 6.07) is 6.19. The van der Waals surface area contributed by atoms with Gasteiger partial charge < -0.3 is 10.4 Å². The predicted molar refractivity (Wildman–Crippen MR) is 72.8 cm³/mol. The van der Waals surface area contributed by atoms with Crippen LogP contribution in [-0.2, 0) is 13.1 Å². The van der Waals surface area contributed by atoms with Crippen LogP contribution in [0.5, 0.6) is 0 Å². The summed E-state index contributed by atoms with van der Waals surface area (Å²) in [6.07, 6.45) is 1.63. The molecular weight excluding hydrogens is 305 g/mol. The van der Waals surface area contributed by atoms with Gasteiger partial charge in [-0.25, -0.2) is 4.68 Å². The van der Waals surface area contributed by atoms with Gasteiger partial charge in [-0.15, -0.1) is 5.10 Å². The normalized spacial score (nSPS) is 11.6. The van der Waals surface area contributed by atoms with E-state index in [-0.39, 0.29) is 29.8 Å². The Kier molecular flexibility index (Phi) is 5.07. The van der Waals surface area contributed by atoms with E-state index in [2.05, 4.69) is 15.6 Å². The molecule has 0 aliphatic heterocycles. The Morgan fingerprint density at radius 2 is 2.05 bits per heavy atom. The summed E-state index contributed by atoms with van der Waals surface area (Å²) >= 11 is -0.161. The molecule has 0 radical (unpaired) electrons. The van der Waals surface area contributed by atoms with Crippen molar-refractivity contribution in [3.8, 4) is 0 Å². The van der Waals surface area contributed by atoms with Gasteiger partial charge in [-0.1, -0.05) is 17.3 Å². The molecule has 2 aromatic rings. The summed E-state index contributed by atoms with van der Waals surface area (Å²) in [6.45, 7) is 0.523. The van der Waals surface area contributed by atoms with Gasteiger partial charge in [0.1, 0.15) is 5.69 Å². The highest BCUT2D eigenvalue weighted by molar-refractivity contribution is 8.00. The Balaban J connectivity index is 2.02. The minimum atomic E-state index is -4.33. The van der Waals surface area contributed by atoms with Gasteiger partial charge in [0, 0.05) is 10.6 Å². The highest BCUT2D eigenvalue weighted by Gasteiger charge is 2.30. The Morgan fingerprint density at radius 1 is 1.29 bits per heavy atom. The number of hydrogen-bond acceptors (Lipinski definition) is 5. The highest BCUT2D eigenvalue weighted by Crippen LogP contribution is 2.40. The zero-order chi connectivity index (χ0) is 15.3. The van der Waals surface area contributed by atoms with Crippen molar-refractivity contribution >= 4 is 17.4 Å². The van der Waals surface area contributed by atoms with Crippen LogP contribution in [0.1, 0.15) is 5.69 Å². The summed E-state index contributed by atoms with van der Waals surface area (Å²) in [5.41, 5.74) is -3.37. The number of alkyl halides is 3. The van der Waals surface area contributed by atoms with E-state index in [1.807, 2.05) is 0 Å². The number of para-hydroxylation sites is 1. The van der Waals surface area contributed by atoms with Crippen molar-refractivity contribution < 1.29 is 18.3 Å². The van der Waals surface area contributed by atoms with Crippen molar-refractivity contribution in [1.29, 1.82) is 0 Å². The summed E-state index contributed by atoms with van der Waals surface area (Å²) in [5, 5.41) is 19.3. The average molecular weight is 318 g/mol. The van der Waals surface area contributed by atoms with Crippen LogP contribution in [-0.4, -0.2) is 32.2 Å². The van der Waals surface area contributed by atoms with Crippen LogP contribution in [0.15, 0.2) is 35.4 Å². The zero-order valence-electron chi connectivity index (χ0n) is 10.8. The molecule has 0 aliphatic carbocycles. The number of aliphatic hydroxyl groups is 1. The summed E-state index contributed by atoms with van der Waals surface area (Å²) in [5.74, 6) is 0. The third-order valence-electron chi connectivity index (χ3n) is 2.49. The van der Waals surface area contributed by atoms with Crippen molar-refractivity contribution in [1.82, 2.24) is 15.0 Å². The molecule has 0 spiro atoms. The van der Waals surface area contributed by atoms with Gasteiger partial charge in [-0.05, 0) is 23.9 Å². The fourth-order valence-corrected chi connectivity index (χ4v) is 2.29. The van der Waals surface area contributed by atoms with Crippen molar-refractivity contribution in [2.24, 2.45) is 0 Å². The monoisotopic (exact) mass is 318 g/mol. The number of benzene rings is 1. The lowest BCUT2D eigenvalue weighted by atomic mass is 10.3. The van der Waals surface area contributed by atoms with Gasteiger partial charge >= 0.3 is 5.51 Å². The molecule has 9 heteroatoms. The van der Waals surface area contributed by atoms with Gasteiger partial charge in [-0.2, -0.15) is 13.2 Å². The molecule has 2 N–H and O–H groups in total. The molecule has 21 heavy (non-hydrogen) atoms. The molecule has 2 rings (SSSR count). The van der Waals surface area contributed by atoms with Crippen molar-refractivity contribution in [3.63, 3.8) is 0 Å². The second-order valence-corrected chi connectivity index (χ2v) is 5.20. The largest absolute Gasteiger partial charge is 0.446 e. The third kappa shape index (κ3) is 4.94. The Bertz CT molecular complexity index is 588. The molecule has 0 fully saturated rings. The number of rotatable bonds is 6.